The summed E-state index contributed by atoms with van der Waals surface area (Å²) in [5, 5.41) is 0. The number of carbonyl (C=O) groups is 2. The van der Waals surface area contributed by atoms with Crippen LogP contribution in [0.25, 0.3) is 0 Å². The molecule has 0 aromatic rings. The van der Waals surface area contributed by atoms with Crippen LogP contribution in [0.4, 0.5) is 0 Å². The first-order chi connectivity index (χ1) is 14.2. The molecule has 5 nitrogen and oxygen atoms in total. The zero-order valence-corrected chi connectivity index (χ0v) is 19.1. The van der Waals surface area contributed by atoms with Gasteiger partial charge in [-0.3, -0.25) is 9.59 Å². The molecule has 0 spiro atoms. The molecule has 0 N–H and O–H groups in total. The Bertz CT molecular complexity index is 727. The third kappa shape index (κ3) is 2.87. The van der Waals surface area contributed by atoms with E-state index in [1.165, 1.54) is 19.8 Å². The van der Waals surface area contributed by atoms with Crippen molar-refractivity contribution < 1.29 is 23.8 Å². The number of rotatable bonds is 2. The zero-order valence-electron chi connectivity index (χ0n) is 19.1. The van der Waals surface area contributed by atoms with Crippen LogP contribution in [0, 0.1) is 40.4 Å². The van der Waals surface area contributed by atoms with Crippen molar-refractivity contribution in [3.63, 3.8) is 0 Å². The molecule has 1 saturated heterocycles. The van der Waals surface area contributed by atoms with Crippen molar-refractivity contribution in [2.45, 2.75) is 91.0 Å². The van der Waals surface area contributed by atoms with Crippen LogP contribution in [-0.4, -0.2) is 36.9 Å². The van der Waals surface area contributed by atoms with E-state index in [1.54, 1.807) is 0 Å². The lowest BCUT2D eigenvalue weighted by molar-refractivity contribution is -0.216. The number of fused-ring (bicyclic) bond motifs is 5. The summed E-state index contributed by atoms with van der Waals surface area (Å²) < 4.78 is 17.7. The van der Waals surface area contributed by atoms with Crippen molar-refractivity contribution in [1.29, 1.82) is 0 Å². The molecule has 5 heteroatoms. The fourth-order valence-electron chi connectivity index (χ4n) is 8.83. The average molecular weight is 419 g/mol. The molecule has 5 fully saturated rings. The number of ketones is 1. The van der Waals surface area contributed by atoms with Crippen molar-refractivity contribution in [3.8, 4) is 0 Å². The second kappa shape index (κ2) is 7.03. The fraction of sp³-hybridized carbons (Fsp3) is 0.920. The SMILES string of the molecule is CC(=O)O[C@H]1CC[C@]2(C)C3CC(=O)[C@@]4(C)C(CC[C@@H]4C4(C)OCCO4)C3CC[C@@H]2C1. The lowest BCUT2D eigenvalue weighted by Crippen LogP contribution is -2.59. The molecule has 0 aromatic heterocycles. The van der Waals surface area contributed by atoms with Gasteiger partial charge in [-0.05, 0) is 81.0 Å². The topological polar surface area (TPSA) is 61.8 Å². The molecule has 0 bridgehead atoms. The number of hydrogen-bond acceptors (Lipinski definition) is 5. The van der Waals surface area contributed by atoms with E-state index < -0.39 is 5.79 Å². The van der Waals surface area contributed by atoms with E-state index in [1.807, 2.05) is 0 Å². The number of carbonyl (C=O) groups excluding carboxylic acids is 2. The second-order valence-corrected chi connectivity index (χ2v) is 11.4. The first kappa shape index (κ1) is 20.9. The second-order valence-electron chi connectivity index (χ2n) is 11.4. The van der Waals surface area contributed by atoms with Gasteiger partial charge in [-0.2, -0.15) is 0 Å². The molecule has 1 aliphatic heterocycles. The van der Waals surface area contributed by atoms with Gasteiger partial charge in [0.2, 0.25) is 0 Å². The molecule has 0 amide bonds. The van der Waals surface area contributed by atoms with Gasteiger partial charge in [-0.15, -0.1) is 0 Å². The van der Waals surface area contributed by atoms with Gasteiger partial charge in [-0.1, -0.05) is 13.8 Å². The Labute approximate surface area is 180 Å². The summed E-state index contributed by atoms with van der Waals surface area (Å²) in [7, 11) is 0. The van der Waals surface area contributed by atoms with Gasteiger partial charge in [0, 0.05) is 24.7 Å². The largest absolute Gasteiger partial charge is 0.463 e. The number of ether oxygens (including phenoxy) is 3. The molecule has 5 rings (SSSR count). The predicted molar refractivity (Wildman–Crippen MR) is 111 cm³/mol. The summed E-state index contributed by atoms with van der Waals surface area (Å²) in [5.41, 5.74) is -0.128. The lowest BCUT2D eigenvalue weighted by atomic mass is 9.44. The molecule has 168 valence electrons. The van der Waals surface area contributed by atoms with Crippen LogP contribution in [0.5, 0.6) is 0 Å². The van der Waals surface area contributed by atoms with Crippen molar-refractivity contribution >= 4 is 11.8 Å². The van der Waals surface area contributed by atoms with Crippen LogP contribution in [0.15, 0.2) is 0 Å². The van der Waals surface area contributed by atoms with E-state index in [9.17, 15) is 9.59 Å². The summed E-state index contributed by atoms with van der Waals surface area (Å²) in [6.45, 7) is 9.52. The Morgan fingerprint density at radius 1 is 1.00 bits per heavy atom. The van der Waals surface area contributed by atoms with Gasteiger partial charge in [0.25, 0.3) is 0 Å². The van der Waals surface area contributed by atoms with Gasteiger partial charge in [0.15, 0.2) is 5.79 Å². The molecule has 8 atom stereocenters. The minimum Gasteiger partial charge on any atom is -0.463 e. The van der Waals surface area contributed by atoms with Crippen molar-refractivity contribution in [2.24, 2.45) is 40.4 Å². The van der Waals surface area contributed by atoms with Crippen LogP contribution >= 0.6 is 0 Å². The predicted octanol–water partition coefficient (Wildman–Crippen LogP) is 4.52. The Balaban J connectivity index is 1.40. The summed E-state index contributed by atoms with van der Waals surface area (Å²) in [4.78, 5) is 25.3. The molecular formula is C25H38O5. The van der Waals surface area contributed by atoms with Gasteiger partial charge in [-0.25, -0.2) is 0 Å². The summed E-state index contributed by atoms with van der Waals surface area (Å²) >= 11 is 0. The smallest absolute Gasteiger partial charge is 0.302 e. The zero-order chi connectivity index (χ0) is 21.3. The van der Waals surface area contributed by atoms with Crippen molar-refractivity contribution in [3.05, 3.63) is 0 Å². The highest BCUT2D eigenvalue weighted by Crippen LogP contribution is 2.68. The highest BCUT2D eigenvalue weighted by atomic mass is 16.7. The quantitative estimate of drug-likeness (QED) is 0.617. The average Bonchev–Trinajstić information content (AvgIpc) is 3.28. The van der Waals surface area contributed by atoms with E-state index in [4.69, 9.17) is 14.2 Å². The Hall–Kier alpha value is -0.940. The molecule has 1 heterocycles. The maximum atomic E-state index is 13.8. The minimum absolute atomic E-state index is 0.0640. The first-order valence-corrected chi connectivity index (χ1v) is 12.2. The molecule has 30 heavy (non-hydrogen) atoms. The van der Waals surface area contributed by atoms with Crippen molar-refractivity contribution in [1.82, 2.24) is 0 Å². The fourth-order valence-corrected chi connectivity index (χ4v) is 8.83. The monoisotopic (exact) mass is 418 g/mol. The third-order valence-corrected chi connectivity index (χ3v) is 10.3. The van der Waals surface area contributed by atoms with Crippen LogP contribution in [-0.2, 0) is 23.8 Å². The highest BCUT2D eigenvalue weighted by molar-refractivity contribution is 5.87. The van der Waals surface area contributed by atoms with Crippen LogP contribution in [0.3, 0.4) is 0 Å². The number of hydrogen-bond donors (Lipinski definition) is 0. The summed E-state index contributed by atoms with van der Waals surface area (Å²) in [6.07, 6.45) is 8.30. The summed E-state index contributed by atoms with van der Waals surface area (Å²) in [6, 6.07) is 0. The lowest BCUT2D eigenvalue weighted by Gasteiger charge is -2.60. The molecule has 5 aliphatic rings. The Morgan fingerprint density at radius 2 is 1.73 bits per heavy atom. The Morgan fingerprint density at radius 3 is 2.43 bits per heavy atom. The standard InChI is InChI=1S/C25H38O5/c1-15(26)30-17-9-10-23(2)16(13-17)5-6-18-19-7-8-21(25(4)28-11-12-29-25)24(19,3)22(27)14-20(18)23/h16-21H,5-14H2,1-4H3/t16-,17+,18?,19?,20?,21+,23+,24+/m1/s1. The van der Waals surface area contributed by atoms with Crippen LogP contribution < -0.4 is 0 Å². The molecule has 3 unspecified atom stereocenters. The van der Waals surface area contributed by atoms with E-state index in [0.29, 0.717) is 49.1 Å². The molecule has 4 aliphatic carbocycles. The molecule has 0 radical (unpaired) electrons. The summed E-state index contributed by atoms with van der Waals surface area (Å²) in [5.74, 6) is 1.94. The number of Topliss-reactive ketones (excluding diaryl/α,β-unsaturated/α-hetero) is 1. The van der Waals surface area contributed by atoms with E-state index >= 15 is 0 Å². The Kier molecular flexibility index (Phi) is 4.91. The molecular weight excluding hydrogens is 380 g/mol. The van der Waals surface area contributed by atoms with Crippen LogP contribution in [0.1, 0.15) is 79.1 Å². The minimum atomic E-state index is -0.602. The maximum absolute atomic E-state index is 13.8. The van der Waals surface area contributed by atoms with Gasteiger partial charge >= 0.3 is 5.97 Å². The first-order valence-electron chi connectivity index (χ1n) is 12.2. The molecule has 0 aromatic carbocycles. The van der Waals surface area contributed by atoms with E-state index in [2.05, 4.69) is 20.8 Å². The highest BCUT2D eigenvalue weighted by Gasteiger charge is 2.67. The van der Waals surface area contributed by atoms with E-state index in [0.717, 1.165) is 32.1 Å². The number of esters is 1. The normalized spacial score (nSPS) is 49.8. The molecule has 4 saturated carbocycles. The maximum Gasteiger partial charge on any atom is 0.302 e. The third-order valence-electron chi connectivity index (χ3n) is 10.3. The van der Waals surface area contributed by atoms with Crippen LogP contribution in [0.2, 0.25) is 0 Å². The van der Waals surface area contributed by atoms with Gasteiger partial charge in [0.05, 0.1) is 13.2 Å². The van der Waals surface area contributed by atoms with E-state index in [-0.39, 0.29) is 28.8 Å². The van der Waals surface area contributed by atoms with Gasteiger partial charge < -0.3 is 14.2 Å². The van der Waals surface area contributed by atoms with Gasteiger partial charge in [0.1, 0.15) is 11.9 Å². The van der Waals surface area contributed by atoms with Crippen molar-refractivity contribution in [2.75, 3.05) is 13.2 Å².